The van der Waals surface area contributed by atoms with Gasteiger partial charge in [-0.2, -0.15) is 0 Å². The Bertz CT molecular complexity index is 759. The molecule has 23 heavy (non-hydrogen) atoms. The smallest absolute Gasteiger partial charge is 0.270 e. The summed E-state index contributed by atoms with van der Waals surface area (Å²) in [7, 11) is -3.74. The third kappa shape index (κ3) is 5.38. The van der Waals surface area contributed by atoms with Gasteiger partial charge in [0.15, 0.2) is 0 Å². The molecule has 2 aromatic rings. The molecule has 0 aliphatic rings. The monoisotopic (exact) mass is 354 g/mol. The fourth-order valence-corrected chi connectivity index (χ4v) is 4.16. The van der Waals surface area contributed by atoms with Crippen LogP contribution in [0.2, 0.25) is 0 Å². The summed E-state index contributed by atoms with van der Waals surface area (Å²) in [6.07, 6.45) is 1.44. The van der Waals surface area contributed by atoms with Crippen molar-refractivity contribution in [2.45, 2.75) is 37.1 Å². The van der Waals surface area contributed by atoms with E-state index in [0.29, 0.717) is 6.42 Å². The van der Waals surface area contributed by atoms with Crippen LogP contribution in [-0.2, 0) is 21.2 Å². The Morgan fingerprint density at radius 2 is 1.96 bits per heavy atom. The molecule has 1 atom stereocenters. The first-order valence-electron chi connectivity index (χ1n) is 7.04. The maximum absolute atomic E-state index is 12.2. The zero-order valence-electron chi connectivity index (χ0n) is 12.8. The molecule has 1 aromatic heterocycles. The lowest BCUT2D eigenvalue weighted by molar-refractivity contribution is -0.114. The summed E-state index contributed by atoms with van der Waals surface area (Å²) in [4.78, 5) is 10.9. The van der Waals surface area contributed by atoms with Crippen LogP contribution in [0.3, 0.4) is 0 Å². The maximum Gasteiger partial charge on any atom is 0.270 e. The van der Waals surface area contributed by atoms with Crippen molar-refractivity contribution in [2.24, 2.45) is 0 Å². The fraction of sp³-hybridized carbons (Fsp3) is 0.357. The highest BCUT2D eigenvalue weighted by atomic mass is 32.2. The lowest BCUT2D eigenvalue weighted by atomic mass is 10.1. The molecule has 124 valence electrons. The summed E-state index contributed by atoms with van der Waals surface area (Å²) in [6.45, 7) is 3.12. The summed E-state index contributed by atoms with van der Waals surface area (Å²) in [6, 6.07) is 9.62. The SMILES string of the molecule is CC(=O)Nc1nnc(S(=O)(=O)N[C@@H](C)CCc2ccccc2)s1. The molecular weight excluding hydrogens is 336 g/mol. The molecule has 2 rings (SSSR count). The number of rotatable bonds is 7. The van der Waals surface area contributed by atoms with Crippen molar-refractivity contribution in [3.05, 3.63) is 35.9 Å². The molecule has 0 aliphatic heterocycles. The zero-order chi connectivity index (χ0) is 16.9. The molecular formula is C14H18N4O3S2. The molecule has 1 amide bonds. The van der Waals surface area contributed by atoms with Crippen molar-refractivity contribution < 1.29 is 13.2 Å². The zero-order valence-corrected chi connectivity index (χ0v) is 14.4. The number of nitrogens with zero attached hydrogens (tertiary/aromatic N) is 2. The van der Waals surface area contributed by atoms with E-state index in [0.717, 1.165) is 23.3 Å². The molecule has 0 fully saturated rings. The molecule has 1 heterocycles. The first-order valence-corrected chi connectivity index (χ1v) is 9.34. The van der Waals surface area contributed by atoms with Crippen molar-refractivity contribution in [2.75, 3.05) is 5.32 Å². The van der Waals surface area contributed by atoms with E-state index in [1.165, 1.54) is 6.92 Å². The van der Waals surface area contributed by atoms with E-state index in [2.05, 4.69) is 20.2 Å². The Labute approximate surface area is 139 Å². The molecule has 0 radical (unpaired) electrons. The summed E-state index contributed by atoms with van der Waals surface area (Å²) in [5.41, 5.74) is 1.16. The maximum atomic E-state index is 12.2. The first kappa shape index (κ1) is 17.5. The minimum absolute atomic E-state index is 0.159. The van der Waals surface area contributed by atoms with Gasteiger partial charge in [-0.05, 0) is 25.3 Å². The molecule has 9 heteroatoms. The van der Waals surface area contributed by atoms with Gasteiger partial charge in [-0.3, -0.25) is 4.79 Å². The van der Waals surface area contributed by atoms with Crippen LogP contribution in [0.4, 0.5) is 5.13 Å². The van der Waals surface area contributed by atoms with E-state index < -0.39 is 10.0 Å². The van der Waals surface area contributed by atoms with E-state index in [9.17, 15) is 13.2 Å². The van der Waals surface area contributed by atoms with Crippen LogP contribution in [0.1, 0.15) is 25.8 Å². The van der Waals surface area contributed by atoms with Gasteiger partial charge in [-0.1, -0.05) is 41.7 Å². The third-order valence-corrected chi connectivity index (χ3v) is 5.78. The number of aromatic nitrogens is 2. The number of sulfonamides is 1. The number of benzene rings is 1. The summed E-state index contributed by atoms with van der Waals surface area (Å²) >= 11 is 0.820. The Balaban J connectivity index is 1.94. The molecule has 2 N–H and O–H groups in total. The largest absolute Gasteiger partial charge is 0.301 e. The third-order valence-electron chi connectivity index (χ3n) is 2.98. The van der Waals surface area contributed by atoms with E-state index in [4.69, 9.17) is 0 Å². The van der Waals surface area contributed by atoms with Crippen LogP contribution in [-0.4, -0.2) is 30.6 Å². The number of carbonyl (C=O) groups is 1. The van der Waals surface area contributed by atoms with Crippen molar-refractivity contribution in [1.29, 1.82) is 0 Å². The second kappa shape index (κ2) is 7.62. The van der Waals surface area contributed by atoms with Crippen LogP contribution in [0, 0.1) is 0 Å². The van der Waals surface area contributed by atoms with Crippen molar-refractivity contribution >= 4 is 32.4 Å². The Hall–Kier alpha value is -1.84. The quantitative estimate of drug-likeness (QED) is 0.738. The summed E-state index contributed by atoms with van der Waals surface area (Å²) in [5.74, 6) is -0.325. The van der Waals surface area contributed by atoms with Gasteiger partial charge in [0, 0.05) is 13.0 Å². The van der Waals surface area contributed by atoms with Gasteiger partial charge in [0.2, 0.25) is 15.4 Å². The van der Waals surface area contributed by atoms with Gasteiger partial charge in [0.1, 0.15) is 0 Å². The molecule has 0 spiro atoms. The number of hydrogen-bond donors (Lipinski definition) is 2. The summed E-state index contributed by atoms with van der Waals surface area (Å²) in [5, 5.41) is 9.83. The molecule has 0 aliphatic carbocycles. The van der Waals surface area contributed by atoms with Gasteiger partial charge in [0.05, 0.1) is 0 Å². The lowest BCUT2D eigenvalue weighted by Gasteiger charge is -2.12. The molecule has 0 bridgehead atoms. The Morgan fingerprint density at radius 3 is 2.61 bits per heavy atom. The highest BCUT2D eigenvalue weighted by Gasteiger charge is 2.22. The predicted molar refractivity (Wildman–Crippen MR) is 88.8 cm³/mol. The number of carbonyl (C=O) groups excluding carboxylic acids is 1. The standard InChI is InChI=1S/C14H18N4O3S2/c1-10(8-9-12-6-4-3-5-7-12)18-23(20,21)14-17-16-13(22-14)15-11(2)19/h3-7,10,18H,8-9H2,1-2H3,(H,15,16,19)/t10-/m0/s1. The second-order valence-corrected chi connectivity index (χ2v) is 7.97. The topological polar surface area (TPSA) is 101 Å². The van der Waals surface area contributed by atoms with E-state index in [1.807, 2.05) is 30.3 Å². The highest BCUT2D eigenvalue weighted by Crippen LogP contribution is 2.20. The molecule has 0 saturated carbocycles. The van der Waals surface area contributed by atoms with Crippen LogP contribution in [0.15, 0.2) is 34.7 Å². The van der Waals surface area contributed by atoms with E-state index >= 15 is 0 Å². The Morgan fingerprint density at radius 1 is 1.26 bits per heavy atom. The number of aryl methyl sites for hydroxylation is 1. The Kier molecular flexibility index (Phi) is 5.80. The van der Waals surface area contributed by atoms with Gasteiger partial charge >= 0.3 is 0 Å². The van der Waals surface area contributed by atoms with E-state index in [1.54, 1.807) is 6.92 Å². The second-order valence-electron chi connectivity index (χ2n) is 5.10. The molecule has 0 saturated heterocycles. The number of anilines is 1. The van der Waals surface area contributed by atoms with E-state index in [-0.39, 0.29) is 21.4 Å². The first-order chi connectivity index (χ1) is 10.9. The molecule has 7 nitrogen and oxygen atoms in total. The molecule has 1 aromatic carbocycles. The van der Waals surface area contributed by atoms with Gasteiger partial charge in [-0.25, -0.2) is 13.1 Å². The van der Waals surface area contributed by atoms with Crippen molar-refractivity contribution in [1.82, 2.24) is 14.9 Å². The number of amides is 1. The van der Waals surface area contributed by atoms with Gasteiger partial charge in [0.25, 0.3) is 10.0 Å². The fourth-order valence-electron chi connectivity index (χ4n) is 1.92. The highest BCUT2D eigenvalue weighted by molar-refractivity contribution is 7.91. The average Bonchev–Trinajstić information content (AvgIpc) is 2.94. The lowest BCUT2D eigenvalue weighted by Crippen LogP contribution is -2.32. The minimum Gasteiger partial charge on any atom is -0.301 e. The van der Waals surface area contributed by atoms with Crippen molar-refractivity contribution in [3.63, 3.8) is 0 Å². The van der Waals surface area contributed by atoms with Crippen LogP contribution >= 0.6 is 11.3 Å². The number of nitrogens with one attached hydrogen (secondary N) is 2. The van der Waals surface area contributed by atoms with Gasteiger partial charge in [-0.15, -0.1) is 10.2 Å². The molecule has 0 unspecified atom stereocenters. The predicted octanol–water partition coefficient (Wildman–Crippen LogP) is 1.80. The number of hydrogen-bond acceptors (Lipinski definition) is 6. The van der Waals surface area contributed by atoms with Crippen LogP contribution in [0.25, 0.3) is 0 Å². The van der Waals surface area contributed by atoms with Crippen molar-refractivity contribution in [3.8, 4) is 0 Å². The minimum atomic E-state index is -3.74. The average molecular weight is 354 g/mol. The van der Waals surface area contributed by atoms with Crippen LogP contribution < -0.4 is 10.0 Å². The van der Waals surface area contributed by atoms with Gasteiger partial charge < -0.3 is 5.32 Å². The normalized spacial score (nSPS) is 12.8. The van der Waals surface area contributed by atoms with Crippen LogP contribution in [0.5, 0.6) is 0 Å². The summed E-state index contributed by atoms with van der Waals surface area (Å²) < 4.78 is 26.9.